The van der Waals surface area contributed by atoms with Gasteiger partial charge in [0.1, 0.15) is 0 Å². The fourth-order valence-corrected chi connectivity index (χ4v) is 2.36. The quantitative estimate of drug-likeness (QED) is 0.633. The maximum Gasteiger partial charge on any atom is 0.269 e. The van der Waals surface area contributed by atoms with Gasteiger partial charge in [-0.2, -0.15) is 0 Å². The highest BCUT2D eigenvalue weighted by Crippen LogP contribution is 2.30. The summed E-state index contributed by atoms with van der Waals surface area (Å²) in [5, 5.41) is 20.0. The minimum atomic E-state index is -0.393. The van der Waals surface area contributed by atoms with E-state index in [0.29, 0.717) is 5.92 Å². The first-order valence-electron chi connectivity index (χ1n) is 6.73. The molecular formula is C14H20N2O3. The number of hydrogen-bond acceptors (Lipinski definition) is 4. The Hall–Kier alpha value is -1.62. The Labute approximate surface area is 113 Å². The van der Waals surface area contributed by atoms with E-state index in [9.17, 15) is 15.2 Å². The maximum absolute atomic E-state index is 10.7. The van der Waals surface area contributed by atoms with Gasteiger partial charge in [0.25, 0.3) is 5.69 Å². The zero-order chi connectivity index (χ0) is 13.8. The predicted octanol–water partition coefficient (Wildman–Crippen LogP) is 2.58. The molecular weight excluding hydrogens is 244 g/mol. The molecule has 0 aliphatic heterocycles. The second-order valence-electron chi connectivity index (χ2n) is 5.25. The van der Waals surface area contributed by atoms with Gasteiger partial charge < -0.3 is 10.0 Å². The van der Waals surface area contributed by atoms with Gasteiger partial charge in [-0.15, -0.1) is 0 Å². The molecule has 0 amide bonds. The van der Waals surface area contributed by atoms with Crippen LogP contribution in [-0.2, 0) is 0 Å². The summed E-state index contributed by atoms with van der Waals surface area (Å²) in [7, 11) is 0. The lowest BCUT2D eigenvalue weighted by Gasteiger charge is -2.37. The van der Waals surface area contributed by atoms with Crippen molar-refractivity contribution in [3.63, 3.8) is 0 Å². The molecule has 1 fully saturated rings. The monoisotopic (exact) mass is 264 g/mol. The lowest BCUT2D eigenvalue weighted by Crippen LogP contribution is -2.40. The molecule has 0 aromatic heterocycles. The first-order chi connectivity index (χ1) is 9.11. The highest BCUT2D eigenvalue weighted by molar-refractivity contribution is 5.51. The average Bonchev–Trinajstić information content (AvgIpc) is 2.37. The van der Waals surface area contributed by atoms with Crippen molar-refractivity contribution in [3.05, 3.63) is 34.4 Å². The van der Waals surface area contributed by atoms with Crippen molar-refractivity contribution in [1.29, 1.82) is 0 Å². The summed E-state index contributed by atoms with van der Waals surface area (Å²) < 4.78 is 0. The van der Waals surface area contributed by atoms with Crippen LogP contribution in [0, 0.1) is 16.0 Å². The van der Waals surface area contributed by atoms with Crippen LogP contribution in [0.1, 0.15) is 26.2 Å². The Morgan fingerprint density at radius 2 is 2.05 bits per heavy atom. The zero-order valence-corrected chi connectivity index (χ0v) is 11.2. The largest absolute Gasteiger partial charge is 0.394 e. The van der Waals surface area contributed by atoms with Gasteiger partial charge in [-0.05, 0) is 37.8 Å². The molecule has 0 bridgehead atoms. The summed E-state index contributed by atoms with van der Waals surface area (Å²) in [6.07, 6.45) is 3.76. The van der Waals surface area contributed by atoms with E-state index >= 15 is 0 Å². The van der Waals surface area contributed by atoms with Gasteiger partial charge in [0.05, 0.1) is 11.5 Å². The second kappa shape index (κ2) is 6.02. The number of hydrogen-bond donors (Lipinski definition) is 1. The van der Waals surface area contributed by atoms with Gasteiger partial charge in [0, 0.05) is 30.4 Å². The molecule has 0 heterocycles. The van der Waals surface area contributed by atoms with Crippen molar-refractivity contribution in [2.75, 3.05) is 18.1 Å². The summed E-state index contributed by atoms with van der Waals surface area (Å²) in [5.74, 6) is 0.684. The minimum Gasteiger partial charge on any atom is -0.394 e. The maximum atomic E-state index is 10.7. The van der Waals surface area contributed by atoms with E-state index in [4.69, 9.17) is 0 Å². The molecule has 104 valence electrons. The number of nitro benzene ring substituents is 1. The van der Waals surface area contributed by atoms with E-state index in [0.717, 1.165) is 12.2 Å². The number of non-ortho nitro benzene ring substituents is 1. The summed E-state index contributed by atoms with van der Waals surface area (Å²) in [5.41, 5.74) is 1.04. The highest BCUT2D eigenvalue weighted by Gasteiger charge is 2.23. The van der Waals surface area contributed by atoms with E-state index in [2.05, 4.69) is 4.90 Å². The summed E-state index contributed by atoms with van der Waals surface area (Å²) in [4.78, 5) is 12.4. The third-order valence-electron chi connectivity index (χ3n) is 3.87. The van der Waals surface area contributed by atoms with Crippen molar-refractivity contribution in [1.82, 2.24) is 0 Å². The number of nitrogens with zero attached hydrogens (tertiary/aromatic N) is 2. The predicted molar refractivity (Wildman–Crippen MR) is 74.3 cm³/mol. The molecule has 0 spiro atoms. The van der Waals surface area contributed by atoms with Crippen molar-refractivity contribution < 1.29 is 10.0 Å². The Kier molecular flexibility index (Phi) is 4.37. The van der Waals surface area contributed by atoms with Crippen LogP contribution in [-0.4, -0.2) is 29.2 Å². The summed E-state index contributed by atoms with van der Waals surface area (Å²) >= 11 is 0. The number of benzene rings is 1. The minimum absolute atomic E-state index is 0.0297. The molecule has 5 heteroatoms. The van der Waals surface area contributed by atoms with Gasteiger partial charge in [0.2, 0.25) is 0 Å². The molecule has 1 N–H and O–H groups in total. The van der Waals surface area contributed by atoms with Crippen LogP contribution in [0.4, 0.5) is 11.4 Å². The van der Waals surface area contributed by atoms with E-state index < -0.39 is 4.92 Å². The third kappa shape index (κ3) is 3.23. The summed E-state index contributed by atoms with van der Waals surface area (Å²) in [6.45, 7) is 2.98. The van der Waals surface area contributed by atoms with Crippen LogP contribution < -0.4 is 4.90 Å². The van der Waals surface area contributed by atoms with Gasteiger partial charge in [0.15, 0.2) is 0 Å². The molecule has 1 atom stereocenters. The molecule has 1 aliphatic carbocycles. The molecule has 1 unspecified atom stereocenters. The number of anilines is 1. The fraction of sp³-hybridized carbons (Fsp3) is 0.571. The number of aliphatic hydroxyl groups is 1. The number of rotatable bonds is 6. The second-order valence-corrected chi connectivity index (χ2v) is 5.25. The van der Waals surface area contributed by atoms with Crippen LogP contribution in [0.2, 0.25) is 0 Å². The topological polar surface area (TPSA) is 66.6 Å². The first-order valence-corrected chi connectivity index (χ1v) is 6.73. The van der Waals surface area contributed by atoms with E-state index in [1.807, 2.05) is 6.92 Å². The van der Waals surface area contributed by atoms with E-state index in [1.165, 1.54) is 31.4 Å². The highest BCUT2D eigenvalue weighted by atomic mass is 16.6. The Morgan fingerprint density at radius 3 is 2.47 bits per heavy atom. The Balaban J connectivity index is 2.13. The van der Waals surface area contributed by atoms with Crippen molar-refractivity contribution in [2.24, 2.45) is 5.92 Å². The Bertz CT molecular complexity index is 429. The molecule has 0 saturated heterocycles. The van der Waals surface area contributed by atoms with Gasteiger partial charge in [-0.3, -0.25) is 10.1 Å². The molecule has 1 aromatic rings. The van der Waals surface area contributed by atoms with Crippen molar-refractivity contribution in [3.8, 4) is 0 Å². The van der Waals surface area contributed by atoms with E-state index in [1.54, 1.807) is 12.1 Å². The van der Waals surface area contributed by atoms with Gasteiger partial charge >= 0.3 is 0 Å². The number of nitro groups is 1. The first kappa shape index (κ1) is 13.8. The molecule has 1 aromatic carbocycles. The molecule has 19 heavy (non-hydrogen) atoms. The molecule has 2 rings (SSSR count). The average molecular weight is 264 g/mol. The van der Waals surface area contributed by atoms with Crippen LogP contribution >= 0.6 is 0 Å². The standard InChI is InChI=1S/C14H20N2O3/c1-11(10-17)15(9-12-3-2-4-12)13-5-7-14(8-6-13)16(18)19/h5-8,11-12,17H,2-4,9-10H2,1H3. The SMILES string of the molecule is CC(CO)N(CC1CCC1)c1ccc([N+](=O)[O-])cc1. The smallest absolute Gasteiger partial charge is 0.269 e. The van der Waals surface area contributed by atoms with Crippen LogP contribution in [0.3, 0.4) is 0 Å². The van der Waals surface area contributed by atoms with Crippen LogP contribution in [0.5, 0.6) is 0 Å². The van der Waals surface area contributed by atoms with E-state index in [-0.39, 0.29) is 18.3 Å². The van der Waals surface area contributed by atoms with Crippen LogP contribution in [0.15, 0.2) is 24.3 Å². The molecule has 5 nitrogen and oxygen atoms in total. The number of aliphatic hydroxyl groups excluding tert-OH is 1. The third-order valence-corrected chi connectivity index (χ3v) is 3.87. The van der Waals surface area contributed by atoms with Crippen LogP contribution in [0.25, 0.3) is 0 Å². The molecule has 0 radical (unpaired) electrons. The van der Waals surface area contributed by atoms with Gasteiger partial charge in [-0.1, -0.05) is 6.42 Å². The lowest BCUT2D eigenvalue weighted by atomic mass is 9.84. The zero-order valence-electron chi connectivity index (χ0n) is 11.2. The fourth-order valence-electron chi connectivity index (χ4n) is 2.36. The lowest BCUT2D eigenvalue weighted by molar-refractivity contribution is -0.384. The summed E-state index contributed by atoms with van der Waals surface area (Å²) in [6, 6.07) is 6.61. The van der Waals surface area contributed by atoms with Crippen molar-refractivity contribution >= 4 is 11.4 Å². The van der Waals surface area contributed by atoms with Gasteiger partial charge in [-0.25, -0.2) is 0 Å². The normalized spacial score (nSPS) is 16.7. The molecule has 1 aliphatic rings. The van der Waals surface area contributed by atoms with Crippen molar-refractivity contribution in [2.45, 2.75) is 32.2 Å². The Morgan fingerprint density at radius 1 is 1.42 bits per heavy atom. The molecule has 1 saturated carbocycles.